The second kappa shape index (κ2) is 6.20. The Balaban J connectivity index is 1.90. The minimum atomic E-state index is -0.803. The minimum absolute atomic E-state index is 0.114. The standard InChI is InChI=1S/C18H19IN4O/c1-11-15(19)10-21-23(11)18(2,3)17(24)22-16-7-4-12(9-20)8-14(16)13-5-6-13/h4,7-8,10,13H,5-6H2,1-3H3,(H,22,24). The van der Waals surface area contributed by atoms with E-state index < -0.39 is 5.54 Å². The number of amides is 1. The molecule has 0 radical (unpaired) electrons. The second-order valence-electron chi connectivity index (χ2n) is 6.69. The van der Waals surface area contributed by atoms with E-state index in [-0.39, 0.29) is 5.91 Å². The molecule has 1 fully saturated rings. The van der Waals surface area contributed by atoms with Crippen molar-refractivity contribution in [1.29, 1.82) is 5.26 Å². The fourth-order valence-corrected chi connectivity index (χ4v) is 3.16. The van der Waals surface area contributed by atoms with Crippen LogP contribution in [0.2, 0.25) is 0 Å². The van der Waals surface area contributed by atoms with Gasteiger partial charge in [-0.25, -0.2) is 0 Å². The number of benzene rings is 1. The largest absolute Gasteiger partial charge is 0.324 e. The maximum Gasteiger partial charge on any atom is 0.251 e. The molecule has 1 amide bonds. The first-order valence-electron chi connectivity index (χ1n) is 7.90. The summed E-state index contributed by atoms with van der Waals surface area (Å²) in [5, 5.41) is 16.5. The highest BCUT2D eigenvalue weighted by Gasteiger charge is 2.34. The summed E-state index contributed by atoms with van der Waals surface area (Å²) in [5.74, 6) is 0.334. The Morgan fingerprint density at radius 2 is 2.17 bits per heavy atom. The summed E-state index contributed by atoms with van der Waals surface area (Å²) < 4.78 is 2.79. The van der Waals surface area contributed by atoms with Crippen LogP contribution in [0.15, 0.2) is 24.4 Å². The Bertz CT molecular complexity index is 843. The van der Waals surface area contributed by atoms with Crippen molar-refractivity contribution in [2.24, 2.45) is 0 Å². The lowest BCUT2D eigenvalue weighted by Gasteiger charge is -2.26. The molecule has 124 valence electrons. The second-order valence-corrected chi connectivity index (χ2v) is 7.85. The number of nitrogens with zero attached hydrogens (tertiary/aromatic N) is 3. The Morgan fingerprint density at radius 1 is 1.46 bits per heavy atom. The summed E-state index contributed by atoms with van der Waals surface area (Å²) in [6.45, 7) is 5.68. The molecule has 5 nitrogen and oxygen atoms in total. The van der Waals surface area contributed by atoms with Crippen LogP contribution in [-0.2, 0) is 10.3 Å². The number of aromatic nitrogens is 2. The van der Waals surface area contributed by atoms with E-state index in [2.05, 4.69) is 39.1 Å². The zero-order valence-electron chi connectivity index (χ0n) is 13.9. The number of hydrogen-bond acceptors (Lipinski definition) is 3. The van der Waals surface area contributed by atoms with Crippen molar-refractivity contribution in [2.45, 2.75) is 45.1 Å². The topological polar surface area (TPSA) is 70.7 Å². The van der Waals surface area contributed by atoms with Crippen LogP contribution in [-0.4, -0.2) is 15.7 Å². The quantitative estimate of drug-likeness (QED) is 0.742. The average molecular weight is 434 g/mol. The smallest absolute Gasteiger partial charge is 0.251 e. The summed E-state index contributed by atoms with van der Waals surface area (Å²) in [6.07, 6.45) is 3.98. The van der Waals surface area contributed by atoms with Crippen molar-refractivity contribution in [2.75, 3.05) is 5.32 Å². The monoisotopic (exact) mass is 434 g/mol. The molecule has 1 N–H and O–H groups in total. The number of carbonyl (C=O) groups is 1. The summed E-state index contributed by atoms with van der Waals surface area (Å²) in [4.78, 5) is 12.9. The van der Waals surface area contributed by atoms with Gasteiger partial charge in [0.2, 0.25) is 0 Å². The summed E-state index contributed by atoms with van der Waals surface area (Å²) in [6, 6.07) is 7.64. The summed E-state index contributed by atoms with van der Waals surface area (Å²) in [5.41, 5.74) is 2.66. The normalized spacial score (nSPS) is 14.3. The lowest BCUT2D eigenvalue weighted by molar-refractivity contribution is -0.123. The molecule has 1 saturated carbocycles. The maximum atomic E-state index is 12.9. The third kappa shape index (κ3) is 3.05. The molecule has 0 spiro atoms. The molecule has 24 heavy (non-hydrogen) atoms. The van der Waals surface area contributed by atoms with Gasteiger partial charge in [-0.05, 0) is 85.9 Å². The SMILES string of the molecule is Cc1c(I)cnn1C(C)(C)C(=O)Nc1ccc(C#N)cc1C1CC1. The van der Waals surface area contributed by atoms with E-state index in [0.717, 1.165) is 33.4 Å². The Hall–Kier alpha value is -1.88. The zero-order chi connectivity index (χ0) is 17.5. The molecule has 1 aromatic carbocycles. The molecule has 0 bridgehead atoms. The van der Waals surface area contributed by atoms with Crippen molar-refractivity contribution in [3.8, 4) is 6.07 Å². The number of halogens is 1. The molecule has 0 atom stereocenters. The molecule has 1 heterocycles. The van der Waals surface area contributed by atoms with Crippen LogP contribution in [0.1, 0.15) is 49.4 Å². The third-order valence-corrected chi connectivity index (χ3v) is 5.54. The first kappa shape index (κ1) is 17.0. The average Bonchev–Trinajstić information content (AvgIpc) is 3.34. The first-order valence-corrected chi connectivity index (χ1v) is 8.98. The Morgan fingerprint density at radius 3 is 2.71 bits per heavy atom. The number of carbonyl (C=O) groups excluding carboxylic acids is 1. The van der Waals surface area contributed by atoms with E-state index in [9.17, 15) is 4.79 Å². The van der Waals surface area contributed by atoms with Crippen molar-refractivity contribution < 1.29 is 4.79 Å². The Labute approximate surface area is 155 Å². The third-order valence-electron chi connectivity index (χ3n) is 4.48. The van der Waals surface area contributed by atoms with Gasteiger partial charge in [0, 0.05) is 11.4 Å². The van der Waals surface area contributed by atoms with Gasteiger partial charge in [0.25, 0.3) is 5.91 Å². The molecule has 0 saturated heterocycles. The van der Waals surface area contributed by atoms with E-state index in [4.69, 9.17) is 5.26 Å². The highest BCUT2D eigenvalue weighted by atomic mass is 127. The van der Waals surface area contributed by atoms with Crippen LogP contribution in [0, 0.1) is 21.8 Å². The van der Waals surface area contributed by atoms with Crippen molar-refractivity contribution in [1.82, 2.24) is 9.78 Å². The van der Waals surface area contributed by atoms with Crippen LogP contribution in [0.5, 0.6) is 0 Å². The van der Waals surface area contributed by atoms with Gasteiger partial charge in [0.15, 0.2) is 0 Å². The molecule has 0 unspecified atom stereocenters. The summed E-state index contributed by atoms with van der Waals surface area (Å²) >= 11 is 2.22. The van der Waals surface area contributed by atoms with Gasteiger partial charge in [-0.3, -0.25) is 9.48 Å². The van der Waals surface area contributed by atoms with Gasteiger partial charge >= 0.3 is 0 Å². The predicted molar refractivity (Wildman–Crippen MR) is 101 cm³/mol. The van der Waals surface area contributed by atoms with Crippen molar-refractivity contribution >= 4 is 34.2 Å². The van der Waals surface area contributed by atoms with Crippen molar-refractivity contribution in [3.05, 3.63) is 44.8 Å². The molecular formula is C18H19IN4O. The van der Waals surface area contributed by atoms with Crippen LogP contribution in [0.3, 0.4) is 0 Å². The number of nitrogens with one attached hydrogen (secondary N) is 1. The molecule has 1 aliphatic rings. The minimum Gasteiger partial charge on any atom is -0.324 e. The lowest BCUT2D eigenvalue weighted by atomic mass is 10.0. The van der Waals surface area contributed by atoms with Crippen LogP contribution in [0.4, 0.5) is 5.69 Å². The van der Waals surface area contributed by atoms with Gasteiger partial charge in [-0.1, -0.05) is 0 Å². The zero-order valence-corrected chi connectivity index (χ0v) is 16.1. The number of nitriles is 1. The number of hydrogen-bond donors (Lipinski definition) is 1. The van der Waals surface area contributed by atoms with E-state index in [1.807, 2.05) is 32.9 Å². The van der Waals surface area contributed by atoms with Crippen LogP contribution >= 0.6 is 22.6 Å². The van der Waals surface area contributed by atoms with E-state index in [0.29, 0.717) is 11.5 Å². The molecule has 1 aliphatic carbocycles. The predicted octanol–water partition coefficient (Wildman–Crippen LogP) is 3.92. The number of rotatable bonds is 4. The van der Waals surface area contributed by atoms with Gasteiger partial charge in [0.1, 0.15) is 5.54 Å². The Kier molecular flexibility index (Phi) is 4.38. The van der Waals surface area contributed by atoms with Crippen LogP contribution < -0.4 is 5.32 Å². The molecule has 1 aromatic heterocycles. The molecule has 2 aromatic rings. The van der Waals surface area contributed by atoms with Crippen molar-refractivity contribution in [3.63, 3.8) is 0 Å². The van der Waals surface area contributed by atoms with Gasteiger partial charge < -0.3 is 5.32 Å². The van der Waals surface area contributed by atoms with Gasteiger partial charge in [0.05, 0.1) is 21.4 Å². The fourth-order valence-electron chi connectivity index (χ4n) is 2.80. The molecular weight excluding hydrogens is 415 g/mol. The first-order chi connectivity index (χ1) is 11.3. The highest BCUT2D eigenvalue weighted by Crippen LogP contribution is 2.44. The van der Waals surface area contributed by atoms with E-state index >= 15 is 0 Å². The van der Waals surface area contributed by atoms with E-state index in [1.165, 1.54) is 0 Å². The fraction of sp³-hybridized carbons (Fsp3) is 0.389. The van der Waals surface area contributed by atoms with Gasteiger partial charge in [-0.2, -0.15) is 10.4 Å². The van der Waals surface area contributed by atoms with E-state index in [1.54, 1.807) is 16.9 Å². The number of anilines is 1. The lowest BCUT2D eigenvalue weighted by Crippen LogP contribution is -2.41. The molecule has 0 aliphatic heterocycles. The maximum absolute atomic E-state index is 12.9. The van der Waals surface area contributed by atoms with Gasteiger partial charge in [-0.15, -0.1) is 0 Å². The molecule has 6 heteroatoms. The van der Waals surface area contributed by atoms with Crippen LogP contribution in [0.25, 0.3) is 0 Å². The summed E-state index contributed by atoms with van der Waals surface area (Å²) in [7, 11) is 0. The molecule has 3 rings (SSSR count). The highest BCUT2D eigenvalue weighted by molar-refractivity contribution is 14.1.